The van der Waals surface area contributed by atoms with Crippen LogP contribution in [0.15, 0.2) is 18.2 Å². The van der Waals surface area contributed by atoms with Crippen molar-refractivity contribution in [1.29, 1.82) is 0 Å². The van der Waals surface area contributed by atoms with Crippen molar-refractivity contribution in [2.24, 2.45) is 5.92 Å². The number of benzene rings is 1. The molecule has 0 aromatic heterocycles. The highest BCUT2D eigenvalue weighted by Crippen LogP contribution is 2.20. The Morgan fingerprint density at radius 2 is 2.00 bits per heavy atom. The minimum atomic E-state index is 0.679. The lowest BCUT2D eigenvalue weighted by atomic mass is 10.1. The van der Waals surface area contributed by atoms with Gasteiger partial charge in [0.15, 0.2) is 0 Å². The van der Waals surface area contributed by atoms with Crippen molar-refractivity contribution in [3.8, 4) is 5.75 Å². The Labute approximate surface area is 105 Å². The lowest BCUT2D eigenvalue weighted by Crippen LogP contribution is -2.27. The highest BCUT2D eigenvalue weighted by atomic mass is 16.5. The van der Waals surface area contributed by atoms with Crippen molar-refractivity contribution in [3.05, 3.63) is 23.8 Å². The van der Waals surface area contributed by atoms with Gasteiger partial charge in [-0.15, -0.1) is 0 Å². The van der Waals surface area contributed by atoms with E-state index in [4.69, 9.17) is 10.5 Å². The first-order valence-corrected chi connectivity index (χ1v) is 6.21. The molecule has 1 rings (SSSR count). The molecule has 17 heavy (non-hydrogen) atoms. The number of methoxy groups -OCH3 is 1. The SMILES string of the molecule is CCN(Cc1cc(N)cc(OC)c1)CC(C)C. The summed E-state index contributed by atoms with van der Waals surface area (Å²) in [6, 6.07) is 5.92. The molecular weight excluding hydrogens is 212 g/mol. The number of hydrogen-bond acceptors (Lipinski definition) is 3. The minimum absolute atomic E-state index is 0.679. The van der Waals surface area contributed by atoms with Crippen LogP contribution in [0.2, 0.25) is 0 Å². The summed E-state index contributed by atoms with van der Waals surface area (Å²) in [5, 5.41) is 0. The van der Waals surface area contributed by atoms with Crippen LogP contribution in [0.3, 0.4) is 0 Å². The van der Waals surface area contributed by atoms with Gasteiger partial charge in [-0.2, -0.15) is 0 Å². The summed E-state index contributed by atoms with van der Waals surface area (Å²) >= 11 is 0. The van der Waals surface area contributed by atoms with E-state index in [1.807, 2.05) is 12.1 Å². The molecule has 96 valence electrons. The van der Waals surface area contributed by atoms with Gasteiger partial charge in [-0.3, -0.25) is 4.90 Å². The van der Waals surface area contributed by atoms with E-state index in [9.17, 15) is 0 Å². The second kappa shape index (κ2) is 6.50. The van der Waals surface area contributed by atoms with Crippen molar-refractivity contribution in [3.63, 3.8) is 0 Å². The van der Waals surface area contributed by atoms with Gasteiger partial charge in [-0.1, -0.05) is 20.8 Å². The molecule has 0 amide bonds. The summed E-state index contributed by atoms with van der Waals surface area (Å²) in [6.07, 6.45) is 0. The van der Waals surface area contributed by atoms with Crippen LogP contribution in [-0.4, -0.2) is 25.1 Å². The van der Waals surface area contributed by atoms with Crippen LogP contribution in [0.1, 0.15) is 26.3 Å². The normalized spacial score (nSPS) is 11.2. The van der Waals surface area contributed by atoms with Gasteiger partial charge in [0.1, 0.15) is 5.75 Å². The highest BCUT2D eigenvalue weighted by molar-refractivity contribution is 5.47. The first-order valence-electron chi connectivity index (χ1n) is 6.21. The number of ether oxygens (including phenoxy) is 1. The minimum Gasteiger partial charge on any atom is -0.497 e. The van der Waals surface area contributed by atoms with Crippen molar-refractivity contribution in [2.75, 3.05) is 25.9 Å². The van der Waals surface area contributed by atoms with Gasteiger partial charge in [0.2, 0.25) is 0 Å². The maximum absolute atomic E-state index is 5.85. The van der Waals surface area contributed by atoms with E-state index in [-0.39, 0.29) is 0 Å². The Kier molecular flexibility index (Phi) is 5.29. The Morgan fingerprint density at radius 1 is 1.29 bits per heavy atom. The topological polar surface area (TPSA) is 38.5 Å². The molecule has 0 unspecified atom stereocenters. The number of nitrogens with two attached hydrogens (primary N) is 1. The van der Waals surface area contributed by atoms with Gasteiger partial charge >= 0.3 is 0 Å². The molecule has 1 aromatic carbocycles. The van der Waals surface area contributed by atoms with E-state index < -0.39 is 0 Å². The first kappa shape index (κ1) is 13.8. The molecule has 0 bridgehead atoms. The van der Waals surface area contributed by atoms with Crippen LogP contribution in [0, 0.1) is 5.92 Å². The van der Waals surface area contributed by atoms with E-state index in [0.29, 0.717) is 5.92 Å². The lowest BCUT2D eigenvalue weighted by molar-refractivity contribution is 0.248. The van der Waals surface area contributed by atoms with Gasteiger partial charge < -0.3 is 10.5 Å². The summed E-state index contributed by atoms with van der Waals surface area (Å²) in [5.41, 5.74) is 7.83. The molecule has 0 aliphatic heterocycles. The largest absolute Gasteiger partial charge is 0.497 e. The average Bonchev–Trinajstić information content (AvgIpc) is 2.26. The van der Waals surface area contributed by atoms with Crippen molar-refractivity contribution < 1.29 is 4.74 Å². The molecule has 2 N–H and O–H groups in total. The van der Waals surface area contributed by atoms with Crippen LogP contribution >= 0.6 is 0 Å². The summed E-state index contributed by atoms with van der Waals surface area (Å²) in [4.78, 5) is 2.42. The van der Waals surface area contributed by atoms with Crippen LogP contribution in [0.4, 0.5) is 5.69 Å². The van der Waals surface area contributed by atoms with Crippen molar-refractivity contribution in [2.45, 2.75) is 27.3 Å². The van der Waals surface area contributed by atoms with E-state index in [2.05, 4.69) is 31.7 Å². The molecule has 0 radical (unpaired) electrons. The predicted octanol–water partition coefficient (Wildman–Crippen LogP) is 2.76. The summed E-state index contributed by atoms with van der Waals surface area (Å²) in [7, 11) is 1.67. The summed E-state index contributed by atoms with van der Waals surface area (Å²) in [5.74, 6) is 1.51. The number of nitrogen functional groups attached to an aromatic ring is 1. The molecule has 0 saturated heterocycles. The zero-order valence-electron chi connectivity index (χ0n) is 11.4. The second-order valence-electron chi connectivity index (χ2n) is 4.84. The first-order chi connectivity index (χ1) is 8.05. The van der Waals surface area contributed by atoms with E-state index in [1.54, 1.807) is 7.11 Å². The Hall–Kier alpha value is -1.22. The molecule has 3 nitrogen and oxygen atoms in total. The van der Waals surface area contributed by atoms with E-state index >= 15 is 0 Å². The third-order valence-electron chi connectivity index (χ3n) is 2.70. The van der Waals surface area contributed by atoms with Gasteiger partial charge in [0.05, 0.1) is 7.11 Å². The molecule has 0 fully saturated rings. The Bertz CT molecular complexity index is 350. The van der Waals surface area contributed by atoms with E-state index in [0.717, 1.165) is 31.1 Å². The number of anilines is 1. The van der Waals surface area contributed by atoms with Crippen LogP contribution in [-0.2, 0) is 6.54 Å². The maximum Gasteiger partial charge on any atom is 0.121 e. The van der Waals surface area contributed by atoms with Crippen LogP contribution < -0.4 is 10.5 Å². The van der Waals surface area contributed by atoms with Gasteiger partial charge in [-0.25, -0.2) is 0 Å². The molecular formula is C14H24N2O. The van der Waals surface area contributed by atoms with Crippen molar-refractivity contribution >= 4 is 5.69 Å². The fraction of sp³-hybridized carbons (Fsp3) is 0.571. The number of nitrogens with zero attached hydrogens (tertiary/aromatic N) is 1. The molecule has 0 aliphatic carbocycles. The smallest absolute Gasteiger partial charge is 0.121 e. The number of rotatable bonds is 6. The maximum atomic E-state index is 5.85. The molecule has 0 aliphatic rings. The standard InChI is InChI=1S/C14H24N2O/c1-5-16(9-11(2)3)10-12-6-13(15)8-14(7-12)17-4/h6-8,11H,5,9-10,15H2,1-4H3. The molecule has 1 aromatic rings. The van der Waals surface area contributed by atoms with E-state index in [1.165, 1.54) is 5.56 Å². The Balaban J connectivity index is 2.74. The zero-order chi connectivity index (χ0) is 12.8. The fourth-order valence-corrected chi connectivity index (χ4v) is 1.98. The Morgan fingerprint density at radius 3 is 2.53 bits per heavy atom. The lowest BCUT2D eigenvalue weighted by Gasteiger charge is -2.22. The monoisotopic (exact) mass is 236 g/mol. The fourth-order valence-electron chi connectivity index (χ4n) is 1.98. The zero-order valence-corrected chi connectivity index (χ0v) is 11.4. The molecule has 3 heteroatoms. The van der Waals surface area contributed by atoms with Crippen LogP contribution in [0.25, 0.3) is 0 Å². The van der Waals surface area contributed by atoms with Gasteiger partial charge in [0.25, 0.3) is 0 Å². The molecule has 0 saturated carbocycles. The van der Waals surface area contributed by atoms with Crippen molar-refractivity contribution in [1.82, 2.24) is 4.90 Å². The third kappa shape index (κ3) is 4.65. The highest BCUT2D eigenvalue weighted by Gasteiger charge is 2.07. The summed E-state index contributed by atoms with van der Waals surface area (Å²) in [6.45, 7) is 9.75. The van der Waals surface area contributed by atoms with Gasteiger partial charge in [0, 0.05) is 24.8 Å². The summed E-state index contributed by atoms with van der Waals surface area (Å²) < 4.78 is 5.23. The quantitative estimate of drug-likeness (QED) is 0.772. The van der Waals surface area contributed by atoms with Crippen LogP contribution in [0.5, 0.6) is 5.75 Å². The number of hydrogen-bond donors (Lipinski definition) is 1. The average molecular weight is 236 g/mol. The van der Waals surface area contributed by atoms with Gasteiger partial charge in [-0.05, 0) is 30.2 Å². The molecule has 0 atom stereocenters. The molecule has 0 spiro atoms. The predicted molar refractivity (Wildman–Crippen MR) is 73.2 cm³/mol. The second-order valence-corrected chi connectivity index (χ2v) is 4.84. The molecule has 0 heterocycles. The third-order valence-corrected chi connectivity index (χ3v) is 2.70.